The Hall–Kier alpha value is -6.16. The van der Waals surface area contributed by atoms with Crippen molar-refractivity contribution in [2.45, 2.75) is 137 Å². The molecular formula is C67H76N2S. The molecule has 0 atom stereocenters. The van der Waals surface area contributed by atoms with Crippen LogP contribution < -0.4 is 9.80 Å². The normalized spacial score (nSPS) is 11.8. The summed E-state index contributed by atoms with van der Waals surface area (Å²) in [6.07, 6.45) is 13.6. The minimum absolute atomic E-state index is 0.122. The van der Waals surface area contributed by atoms with Gasteiger partial charge in [-0.2, -0.15) is 0 Å². The van der Waals surface area contributed by atoms with Crippen LogP contribution in [0.4, 0.5) is 28.4 Å². The van der Waals surface area contributed by atoms with Gasteiger partial charge in [0, 0.05) is 54.9 Å². The molecule has 0 aliphatic rings. The van der Waals surface area contributed by atoms with E-state index in [-0.39, 0.29) is 11.0 Å². The average Bonchev–Trinajstić information content (AvgIpc) is 3.79. The maximum absolute atomic E-state index is 2.48. The molecule has 0 bridgehead atoms. The van der Waals surface area contributed by atoms with E-state index in [0.29, 0.717) is 0 Å². The van der Waals surface area contributed by atoms with E-state index in [1.807, 2.05) is 11.3 Å². The first kappa shape index (κ1) is 50.2. The summed E-state index contributed by atoms with van der Waals surface area (Å²) < 4.78 is 0. The van der Waals surface area contributed by atoms with Crippen molar-refractivity contribution in [3.05, 3.63) is 199 Å². The minimum atomic E-state index is -0.122. The standard InChI is InChI=1S/C67H76N2S/c1-9-12-14-18-24-50-30-40-57(41-31-50)68(59-46-48-61(49-47-59)69(66(4,5)6)60-42-32-51(33-43-60)25-19-15-13-10-2)58-44-36-55(37-45-58)65-63(53-28-22-17-23-29-53)62(52-26-20-16-21-27-52)64(70-65)54-34-38-56(39-35-54)67(7,8)11-3/h16-17,20-23,26-49H,9-15,18-19,24-25H2,1-8H3. The van der Waals surface area contributed by atoms with Gasteiger partial charge in [-0.15, -0.1) is 11.3 Å². The van der Waals surface area contributed by atoms with E-state index in [1.54, 1.807) is 0 Å². The molecule has 3 heteroatoms. The van der Waals surface area contributed by atoms with Crippen LogP contribution in [-0.2, 0) is 18.3 Å². The van der Waals surface area contributed by atoms with E-state index in [9.17, 15) is 0 Å². The molecule has 0 N–H and O–H groups in total. The molecule has 0 aliphatic carbocycles. The van der Waals surface area contributed by atoms with Gasteiger partial charge in [0.05, 0.1) is 0 Å². The summed E-state index contributed by atoms with van der Waals surface area (Å²) in [6, 6.07) is 68.6. The van der Waals surface area contributed by atoms with Crippen molar-refractivity contribution in [1.82, 2.24) is 0 Å². The summed E-state index contributed by atoms with van der Waals surface area (Å²) in [4.78, 5) is 7.48. The number of anilines is 5. The Labute approximate surface area is 426 Å². The lowest BCUT2D eigenvalue weighted by Crippen LogP contribution is -2.37. The van der Waals surface area contributed by atoms with Crippen LogP contribution in [0.2, 0.25) is 0 Å². The highest BCUT2D eigenvalue weighted by molar-refractivity contribution is 7.20. The Morgan fingerprint density at radius 2 is 0.743 bits per heavy atom. The monoisotopic (exact) mass is 941 g/mol. The van der Waals surface area contributed by atoms with Gasteiger partial charge in [-0.05, 0) is 158 Å². The third kappa shape index (κ3) is 11.9. The maximum Gasteiger partial charge on any atom is 0.0463 e. The van der Waals surface area contributed by atoms with Crippen molar-refractivity contribution in [3.8, 4) is 43.1 Å². The molecule has 70 heavy (non-hydrogen) atoms. The van der Waals surface area contributed by atoms with Gasteiger partial charge in [-0.25, -0.2) is 0 Å². The predicted molar refractivity (Wildman–Crippen MR) is 308 cm³/mol. The zero-order valence-corrected chi connectivity index (χ0v) is 44.2. The van der Waals surface area contributed by atoms with E-state index >= 15 is 0 Å². The number of hydrogen-bond donors (Lipinski definition) is 0. The molecule has 0 amide bonds. The Balaban J connectivity index is 1.19. The summed E-state index contributed by atoms with van der Waals surface area (Å²) in [5.74, 6) is 0. The van der Waals surface area contributed by atoms with Crippen molar-refractivity contribution in [2.24, 2.45) is 0 Å². The molecule has 0 aliphatic heterocycles. The topological polar surface area (TPSA) is 6.48 Å². The Kier molecular flexibility index (Phi) is 16.6. The summed E-state index contributed by atoms with van der Waals surface area (Å²) in [5, 5.41) is 0. The number of benzene rings is 7. The first-order chi connectivity index (χ1) is 34.0. The van der Waals surface area contributed by atoms with Crippen LogP contribution in [0.5, 0.6) is 0 Å². The zero-order chi connectivity index (χ0) is 49.1. The third-order valence-electron chi connectivity index (χ3n) is 14.3. The second-order valence-corrected chi connectivity index (χ2v) is 21.9. The Bertz CT molecular complexity index is 2830. The molecule has 8 rings (SSSR count). The molecule has 1 aromatic heterocycles. The largest absolute Gasteiger partial charge is 0.336 e. The molecular weight excluding hydrogens is 865 g/mol. The lowest BCUT2D eigenvalue weighted by molar-refractivity contribution is 0.506. The van der Waals surface area contributed by atoms with Gasteiger partial charge in [0.2, 0.25) is 0 Å². The van der Waals surface area contributed by atoms with Crippen LogP contribution in [-0.4, -0.2) is 5.54 Å². The van der Waals surface area contributed by atoms with Crippen LogP contribution >= 0.6 is 11.3 Å². The van der Waals surface area contributed by atoms with E-state index in [4.69, 9.17) is 0 Å². The Morgan fingerprint density at radius 1 is 0.371 bits per heavy atom. The quantitative estimate of drug-likeness (QED) is 0.0663. The van der Waals surface area contributed by atoms with Gasteiger partial charge in [-0.3, -0.25) is 0 Å². The molecule has 1 heterocycles. The van der Waals surface area contributed by atoms with Crippen LogP contribution in [0, 0.1) is 0 Å². The Morgan fingerprint density at radius 3 is 1.14 bits per heavy atom. The molecule has 0 radical (unpaired) electrons. The molecule has 8 aromatic rings. The van der Waals surface area contributed by atoms with Crippen molar-refractivity contribution in [3.63, 3.8) is 0 Å². The number of unbranched alkanes of at least 4 members (excludes halogenated alkanes) is 6. The lowest BCUT2D eigenvalue weighted by atomic mass is 9.82. The molecule has 360 valence electrons. The molecule has 0 fully saturated rings. The fourth-order valence-electron chi connectivity index (χ4n) is 9.89. The smallest absolute Gasteiger partial charge is 0.0463 e. The van der Waals surface area contributed by atoms with E-state index in [2.05, 4.69) is 247 Å². The van der Waals surface area contributed by atoms with Crippen molar-refractivity contribution in [1.29, 1.82) is 0 Å². The molecule has 0 saturated carbocycles. The minimum Gasteiger partial charge on any atom is -0.336 e. The summed E-state index contributed by atoms with van der Waals surface area (Å²) in [5.41, 5.74) is 17.5. The molecule has 0 unspecified atom stereocenters. The zero-order valence-electron chi connectivity index (χ0n) is 43.4. The van der Waals surface area contributed by atoms with Crippen molar-refractivity contribution in [2.75, 3.05) is 9.80 Å². The molecule has 0 spiro atoms. The van der Waals surface area contributed by atoms with Gasteiger partial charge in [0.1, 0.15) is 0 Å². The fraction of sp³-hybridized carbons (Fsp3) is 0.313. The third-order valence-corrected chi connectivity index (χ3v) is 15.6. The molecule has 2 nitrogen and oxygen atoms in total. The highest BCUT2D eigenvalue weighted by atomic mass is 32.1. The second-order valence-electron chi connectivity index (χ2n) is 20.9. The lowest BCUT2D eigenvalue weighted by Gasteiger charge is -2.38. The number of nitrogens with zero attached hydrogens (tertiary/aromatic N) is 2. The van der Waals surface area contributed by atoms with Crippen LogP contribution in [0.15, 0.2) is 182 Å². The fourth-order valence-corrected chi connectivity index (χ4v) is 11.2. The van der Waals surface area contributed by atoms with Crippen LogP contribution in [0.25, 0.3) is 43.1 Å². The van der Waals surface area contributed by atoms with Gasteiger partial charge in [-0.1, -0.05) is 194 Å². The van der Waals surface area contributed by atoms with Crippen LogP contribution in [0.1, 0.15) is 130 Å². The molecule has 0 saturated heterocycles. The first-order valence-corrected chi connectivity index (χ1v) is 27.2. The first-order valence-electron chi connectivity index (χ1n) is 26.4. The van der Waals surface area contributed by atoms with Crippen LogP contribution in [0.3, 0.4) is 0 Å². The SMILES string of the molecule is CCCCCCc1ccc(N(c2ccc(-c3sc(-c4ccc(C(C)(C)CC)cc4)c(-c4ccccc4)c3-c3ccccc3)cc2)c2ccc(N(c3ccc(CCCCCC)cc3)C(C)(C)C)cc2)cc1. The van der Waals surface area contributed by atoms with E-state index in [1.165, 1.54) is 123 Å². The van der Waals surface area contributed by atoms with Gasteiger partial charge in [0.15, 0.2) is 0 Å². The van der Waals surface area contributed by atoms with Crippen molar-refractivity contribution >= 4 is 39.8 Å². The highest BCUT2D eigenvalue weighted by Gasteiger charge is 2.26. The van der Waals surface area contributed by atoms with Gasteiger partial charge in [0.25, 0.3) is 0 Å². The van der Waals surface area contributed by atoms with Gasteiger partial charge >= 0.3 is 0 Å². The summed E-state index contributed by atoms with van der Waals surface area (Å²) >= 11 is 1.91. The van der Waals surface area contributed by atoms with E-state index in [0.717, 1.165) is 36.3 Å². The second kappa shape index (κ2) is 23.2. The maximum atomic E-state index is 2.48. The number of rotatable bonds is 21. The molecule has 7 aromatic carbocycles. The van der Waals surface area contributed by atoms with Crippen molar-refractivity contribution < 1.29 is 0 Å². The number of aryl methyl sites for hydroxylation is 2. The number of hydrogen-bond acceptors (Lipinski definition) is 3. The van der Waals surface area contributed by atoms with Gasteiger partial charge < -0.3 is 9.80 Å². The average molecular weight is 941 g/mol. The van der Waals surface area contributed by atoms with E-state index < -0.39 is 0 Å². The predicted octanol–water partition coefficient (Wildman–Crippen LogP) is 20.8. The number of thiophene rings is 1. The summed E-state index contributed by atoms with van der Waals surface area (Å²) in [6.45, 7) is 18.5. The highest BCUT2D eigenvalue weighted by Crippen LogP contribution is 2.52. The summed E-state index contributed by atoms with van der Waals surface area (Å²) in [7, 11) is 0.